The van der Waals surface area contributed by atoms with E-state index in [4.69, 9.17) is 4.74 Å². The van der Waals surface area contributed by atoms with Crippen molar-refractivity contribution in [1.82, 2.24) is 9.47 Å². The maximum atomic E-state index is 11.3. The van der Waals surface area contributed by atoms with Crippen LogP contribution in [0.4, 0.5) is 5.69 Å². The summed E-state index contributed by atoms with van der Waals surface area (Å²) in [6.07, 6.45) is 3.12. The highest BCUT2D eigenvalue weighted by atomic mass is 16.6. The van der Waals surface area contributed by atoms with E-state index >= 15 is 0 Å². The molecule has 0 spiro atoms. The third kappa shape index (κ3) is 3.64. The van der Waals surface area contributed by atoms with Crippen LogP contribution in [-0.4, -0.2) is 28.0 Å². The van der Waals surface area contributed by atoms with Crippen LogP contribution in [0.1, 0.15) is 29.3 Å². The fraction of sp³-hybridized carbons (Fsp3) is 0.273. The van der Waals surface area contributed by atoms with Gasteiger partial charge in [-0.15, -0.1) is 0 Å². The zero-order chi connectivity index (χ0) is 19.5. The van der Waals surface area contributed by atoms with E-state index in [-0.39, 0.29) is 16.7 Å². The molecule has 0 fully saturated rings. The highest BCUT2D eigenvalue weighted by molar-refractivity contribution is 5.39. The van der Waals surface area contributed by atoms with Gasteiger partial charge in [0.05, 0.1) is 18.1 Å². The average molecular weight is 377 g/mol. The van der Waals surface area contributed by atoms with Gasteiger partial charge in [-0.1, -0.05) is 24.3 Å². The first-order valence-electron chi connectivity index (χ1n) is 9.42. The van der Waals surface area contributed by atoms with Crippen LogP contribution >= 0.6 is 0 Å². The zero-order valence-electron chi connectivity index (χ0n) is 15.8. The first-order valence-corrected chi connectivity index (χ1v) is 9.42. The van der Waals surface area contributed by atoms with Gasteiger partial charge in [-0.2, -0.15) is 0 Å². The van der Waals surface area contributed by atoms with Crippen LogP contribution in [0.15, 0.2) is 66.9 Å². The maximum absolute atomic E-state index is 11.3. The second-order valence-corrected chi connectivity index (χ2v) is 7.06. The molecular weight excluding hydrogens is 354 g/mol. The molecule has 1 unspecified atom stereocenters. The van der Waals surface area contributed by atoms with E-state index in [1.54, 1.807) is 25.3 Å². The highest BCUT2D eigenvalue weighted by Crippen LogP contribution is 2.34. The largest absolute Gasteiger partial charge is 0.497 e. The lowest BCUT2D eigenvalue weighted by atomic mass is 10.0. The Hall–Kier alpha value is -3.12. The van der Waals surface area contributed by atoms with Crippen LogP contribution in [0, 0.1) is 10.1 Å². The fourth-order valence-electron chi connectivity index (χ4n) is 4.01. The molecule has 0 N–H and O–H groups in total. The van der Waals surface area contributed by atoms with E-state index in [2.05, 4.69) is 39.9 Å². The van der Waals surface area contributed by atoms with Gasteiger partial charge in [-0.3, -0.25) is 15.0 Å². The minimum atomic E-state index is -0.328. The summed E-state index contributed by atoms with van der Waals surface area (Å²) in [6.45, 7) is 2.60. The number of fused-ring (bicyclic) bond motifs is 1. The van der Waals surface area contributed by atoms with Gasteiger partial charge in [0.1, 0.15) is 5.75 Å². The van der Waals surface area contributed by atoms with Gasteiger partial charge in [-0.25, -0.2) is 0 Å². The molecule has 0 amide bonds. The van der Waals surface area contributed by atoms with Crippen LogP contribution < -0.4 is 4.74 Å². The minimum absolute atomic E-state index is 0.0383. The van der Waals surface area contributed by atoms with Gasteiger partial charge in [-0.05, 0) is 41.8 Å². The first kappa shape index (κ1) is 18.3. The molecule has 1 aliphatic rings. The number of non-ortho nitro benzene ring substituents is 1. The van der Waals surface area contributed by atoms with Crippen LogP contribution in [0.2, 0.25) is 0 Å². The average Bonchev–Trinajstić information content (AvgIpc) is 3.09. The van der Waals surface area contributed by atoms with Gasteiger partial charge in [0.25, 0.3) is 5.69 Å². The molecule has 144 valence electrons. The number of nitrogens with zero attached hydrogens (tertiary/aromatic N) is 3. The lowest BCUT2D eigenvalue weighted by Crippen LogP contribution is -2.29. The Labute approximate surface area is 164 Å². The van der Waals surface area contributed by atoms with E-state index in [1.807, 2.05) is 18.2 Å². The van der Waals surface area contributed by atoms with Crippen molar-refractivity contribution in [2.45, 2.75) is 25.6 Å². The summed E-state index contributed by atoms with van der Waals surface area (Å²) in [7, 11) is 1.67. The quantitative estimate of drug-likeness (QED) is 0.488. The molecule has 0 saturated carbocycles. The van der Waals surface area contributed by atoms with E-state index in [0.29, 0.717) is 0 Å². The predicted octanol–water partition coefficient (Wildman–Crippen LogP) is 4.40. The summed E-state index contributed by atoms with van der Waals surface area (Å²) in [6, 6.07) is 19.2. The molecule has 4 rings (SSSR count). The molecule has 1 aromatic heterocycles. The molecule has 2 aromatic carbocycles. The van der Waals surface area contributed by atoms with E-state index < -0.39 is 0 Å². The monoisotopic (exact) mass is 377 g/mol. The van der Waals surface area contributed by atoms with Crippen molar-refractivity contribution in [3.05, 3.63) is 93.8 Å². The van der Waals surface area contributed by atoms with E-state index in [0.717, 1.165) is 42.9 Å². The van der Waals surface area contributed by atoms with Gasteiger partial charge >= 0.3 is 0 Å². The third-order valence-corrected chi connectivity index (χ3v) is 5.27. The second kappa shape index (κ2) is 7.86. The molecule has 2 heterocycles. The normalized spacial score (nSPS) is 17.0. The molecule has 1 aliphatic heterocycles. The van der Waals surface area contributed by atoms with Crippen LogP contribution in [0.5, 0.6) is 5.75 Å². The van der Waals surface area contributed by atoms with Crippen LogP contribution in [-0.2, 0) is 13.1 Å². The van der Waals surface area contributed by atoms with Crippen molar-refractivity contribution in [2.75, 3.05) is 13.7 Å². The first-order chi connectivity index (χ1) is 13.7. The standard InChI is InChI=1S/C22H23N3O3/c1-28-20-9-2-6-17(14-20)16-24-13-5-12-23-11-4-10-21(23)22(24)18-7-3-8-19(15-18)25(26)27/h2-4,6-11,14-15,22H,5,12-13,16H2,1H3. The molecule has 6 nitrogen and oxygen atoms in total. The van der Waals surface area contributed by atoms with Gasteiger partial charge in [0, 0.05) is 43.7 Å². The van der Waals surface area contributed by atoms with Gasteiger partial charge in [0.15, 0.2) is 0 Å². The summed E-state index contributed by atoms with van der Waals surface area (Å²) in [4.78, 5) is 13.4. The summed E-state index contributed by atoms with van der Waals surface area (Å²) in [5.74, 6) is 0.836. The number of aryl methyl sites for hydroxylation is 1. The number of hydrogen-bond donors (Lipinski definition) is 0. The number of benzene rings is 2. The SMILES string of the molecule is COc1cccc(CN2CCCn3cccc3C2c2cccc([N+](=O)[O-])c2)c1. The van der Waals surface area contributed by atoms with Crippen molar-refractivity contribution >= 4 is 5.69 Å². The number of nitro groups is 1. The molecule has 28 heavy (non-hydrogen) atoms. The molecular formula is C22H23N3O3. The molecule has 0 saturated heterocycles. The van der Waals surface area contributed by atoms with Gasteiger partial charge < -0.3 is 9.30 Å². The number of hydrogen-bond acceptors (Lipinski definition) is 4. The summed E-state index contributed by atoms with van der Waals surface area (Å²) in [5, 5.41) is 11.3. The topological polar surface area (TPSA) is 60.5 Å². The van der Waals surface area contributed by atoms with E-state index in [1.165, 1.54) is 5.69 Å². The predicted molar refractivity (Wildman–Crippen MR) is 107 cm³/mol. The Bertz CT molecular complexity index is 982. The Kier molecular flexibility index (Phi) is 5.12. The lowest BCUT2D eigenvalue weighted by molar-refractivity contribution is -0.384. The van der Waals surface area contributed by atoms with E-state index in [9.17, 15) is 10.1 Å². The number of rotatable bonds is 5. The Morgan fingerprint density at radius 1 is 1.11 bits per heavy atom. The molecule has 0 radical (unpaired) electrons. The minimum Gasteiger partial charge on any atom is -0.497 e. The number of methoxy groups -OCH3 is 1. The van der Waals surface area contributed by atoms with Crippen molar-refractivity contribution in [3.8, 4) is 5.75 Å². The molecule has 1 atom stereocenters. The summed E-state index contributed by atoms with van der Waals surface area (Å²) >= 11 is 0. The second-order valence-electron chi connectivity index (χ2n) is 7.06. The fourth-order valence-corrected chi connectivity index (χ4v) is 4.01. The van der Waals surface area contributed by atoms with Crippen LogP contribution in [0.25, 0.3) is 0 Å². The van der Waals surface area contributed by atoms with Gasteiger partial charge in [0.2, 0.25) is 0 Å². The van der Waals surface area contributed by atoms with Crippen molar-refractivity contribution in [1.29, 1.82) is 0 Å². The van der Waals surface area contributed by atoms with Crippen molar-refractivity contribution in [2.24, 2.45) is 0 Å². The van der Waals surface area contributed by atoms with Crippen molar-refractivity contribution < 1.29 is 9.66 Å². The molecule has 0 aliphatic carbocycles. The Balaban J connectivity index is 1.75. The molecule has 0 bridgehead atoms. The summed E-state index contributed by atoms with van der Waals surface area (Å²) < 4.78 is 7.63. The molecule has 3 aromatic rings. The number of ether oxygens (including phenoxy) is 1. The highest BCUT2D eigenvalue weighted by Gasteiger charge is 2.28. The van der Waals surface area contributed by atoms with Crippen molar-refractivity contribution in [3.63, 3.8) is 0 Å². The lowest BCUT2D eigenvalue weighted by Gasteiger charge is -2.30. The maximum Gasteiger partial charge on any atom is 0.269 e. The Morgan fingerprint density at radius 2 is 1.96 bits per heavy atom. The Morgan fingerprint density at radius 3 is 2.79 bits per heavy atom. The number of aromatic nitrogens is 1. The summed E-state index contributed by atoms with van der Waals surface area (Å²) in [5.41, 5.74) is 3.40. The third-order valence-electron chi connectivity index (χ3n) is 5.27. The zero-order valence-corrected chi connectivity index (χ0v) is 15.8. The smallest absolute Gasteiger partial charge is 0.269 e. The molecule has 6 heteroatoms. The van der Waals surface area contributed by atoms with Crippen LogP contribution in [0.3, 0.4) is 0 Å². The number of nitro benzene ring substituents is 1.